The quantitative estimate of drug-likeness (QED) is 0.676. The lowest BCUT2D eigenvalue weighted by atomic mass is 9.80. The molecule has 0 saturated carbocycles. The Morgan fingerprint density at radius 3 is 1.85 bits per heavy atom. The summed E-state index contributed by atoms with van der Waals surface area (Å²) in [5.41, 5.74) is -0.175. The molecule has 0 amide bonds. The van der Waals surface area contributed by atoms with Crippen LogP contribution < -0.4 is 0 Å². The third-order valence-corrected chi connectivity index (χ3v) is 2.75. The van der Waals surface area contributed by atoms with Crippen molar-refractivity contribution in [1.82, 2.24) is 5.06 Å². The van der Waals surface area contributed by atoms with Crippen LogP contribution in [0.5, 0.6) is 0 Å². The molecule has 0 aromatic heterocycles. The highest BCUT2D eigenvalue weighted by Gasteiger charge is 2.45. The lowest BCUT2D eigenvalue weighted by Gasteiger charge is -2.52. The molecule has 1 heterocycles. The Kier molecular flexibility index (Phi) is 2.72. The number of hydrogen-bond acceptors (Lipinski definition) is 3. The van der Waals surface area contributed by atoms with Crippen molar-refractivity contribution in [1.29, 1.82) is 0 Å². The van der Waals surface area contributed by atoms with Gasteiger partial charge in [0.2, 0.25) is 0 Å². The predicted molar refractivity (Wildman–Crippen MR) is 52.2 cm³/mol. The van der Waals surface area contributed by atoms with Gasteiger partial charge in [0.05, 0.1) is 13.2 Å². The lowest BCUT2D eigenvalue weighted by molar-refractivity contribution is -0.276. The minimum Gasteiger partial charge on any atom is -0.393 e. The summed E-state index contributed by atoms with van der Waals surface area (Å²) in [6, 6.07) is 0. The minimum absolute atomic E-state index is 0.0874. The molecule has 1 rings (SSSR count). The van der Waals surface area contributed by atoms with Crippen molar-refractivity contribution in [2.75, 3.05) is 7.11 Å². The largest absolute Gasteiger partial charge is 0.393 e. The van der Waals surface area contributed by atoms with E-state index in [4.69, 9.17) is 4.84 Å². The molecule has 0 aromatic carbocycles. The zero-order valence-corrected chi connectivity index (χ0v) is 9.29. The van der Waals surface area contributed by atoms with Crippen LogP contribution in [-0.4, -0.2) is 34.5 Å². The molecule has 3 nitrogen and oxygen atoms in total. The monoisotopic (exact) mass is 187 g/mol. The molecule has 78 valence electrons. The normalized spacial score (nSPS) is 29.1. The van der Waals surface area contributed by atoms with Gasteiger partial charge in [-0.3, -0.25) is 0 Å². The molecule has 1 fully saturated rings. The van der Waals surface area contributed by atoms with Crippen molar-refractivity contribution < 1.29 is 9.94 Å². The first-order chi connectivity index (χ1) is 5.79. The first-order valence-electron chi connectivity index (χ1n) is 4.82. The number of rotatable bonds is 1. The Hall–Kier alpha value is -0.120. The van der Waals surface area contributed by atoms with Crippen LogP contribution in [-0.2, 0) is 4.84 Å². The molecule has 0 atom stereocenters. The van der Waals surface area contributed by atoms with E-state index >= 15 is 0 Å². The van der Waals surface area contributed by atoms with Gasteiger partial charge in [0.15, 0.2) is 0 Å². The molecule has 13 heavy (non-hydrogen) atoms. The molecule has 0 bridgehead atoms. The van der Waals surface area contributed by atoms with E-state index in [-0.39, 0.29) is 17.2 Å². The third-order valence-electron chi connectivity index (χ3n) is 2.75. The maximum Gasteiger partial charge on any atom is 0.0576 e. The standard InChI is InChI=1S/C10H21NO2/c1-9(2)6-8(12)7-10(3,4)11(9)13-5/h8,12H,6-7H2,1-5H3. The van der Waals surface area contributed by atoms with Crippen molar-refractivity contribution in [3.63, 3.8) is 0 Å². The number of piperidine rings is 1. The highest BCUT2D eigenvalue weighted by Crippen LogP contribution is 2.37. The van der Waals surface area contributed by atoms with Crippen molar-refractivity contribution in [3.8, 4) is 0 Å². The Balaban J connectivity index is 2.88. The van der Waals surface area contributed by atoms with E-state index in [0.29, 0.717) is 0 Å². The van der Waals surface area contributed by atoms with Gasteiger partial charge in [-0.05, 0) is 40.5 Å². The summed E-state index contributed by atoms with van der Waals surface area (Å²) in [6.07, 6.45) is 1.32. The van der Waals surface area contributed by atoms with Gasteiger partial charge in [-0.2, -0.15) is 5.06 Å². The topological polar surface area (TPSA) is 32.7 Å². The maximum atomic E-state index is 9.71. The van der Waals surface area contributed by atoms with Crippen LogP contribution in [0.15, 0.2) is 0 Å². The first kappa shape index (κ1) is 11.0. The second-order valence-electron chi connectivity index (χ2n) is 5.16. The minimum atomic E-state index is -0.212. The average Bonchev–Trinajstić information content (AvgIpc) is 1.79. The van der Waals surface area contributed by atoms with Gasteiger partial charge in [-0.1, -0.05) is 0 Å². The molecule has 1 aliphatic heterocycles. The molecule has 1 saturated heterocycles. The fraction of sp³-hybridized carbons (Fsp3) is 1.00. The molecule has 0 unspecified atom stereocenters. The van der Waals surface area contributed by atoms with Gasteiger partial charge >= 0.3 is 0 Å². The number of aliphatic hydroxyl groups is 1. The van der Waals surface area contributed by atoms with Crippen LogP contribution in [0.4, 0.5) is 0 Å². The zero-order chi connectivity index (χ0) is 10.3. The summed E-state index contributed by atoms with van der Waals surface area (Å²) >= 11 is 0. The number of nitrogens with zero attached hydrogens (tertiary/aromatic N) is 1. The van der Waals surface area contributed by atoms with E-state index in [9.17, 15) is 5.11 Å². The van der Waals surface area contributed by atoms with Gasteiger partial charge < -0.3 is 9.94 Å². The van der Waals surface area contributed by atoms with Gasteiger partial charge in [-0.15, -0.1) is 0 Å². The highest BCUT2D eigenvalue weighted by atomic mass is 16.7. The number of hydroxylamine groups is 2. The van der Waals surface area contributed by atoms with Gasteiger partial charge in [-0.25, -0.2) is 0 Å². The number of hydrogen-bond donors (Lipinski definition) is 1. The Morgan fingerprint density at radius 2 is 1.54 bits per heavy atom. The van der Waals surface area contributed by atoms with E-state index in [1.54, 1.807) is 7.11 Å². The van der Waals surface area contributed by atoms with Crippen molar-refractivity contribution >= 4 is 0 Å². The molecule has 0 spiro atoms. The molecule has 3 heteroatoms. The summed E-state index contributed by atoms with van der Waals surface area (Å²) in [6.45, 7) is 8.39. The van der Waals surface area contributed by atoms with Crippen LogP contribution in [0.1, 0.15) is 40.5 Å². The summed E-state index contributed by atoms with van der Waals surface area (Å²) in [7, 11) is 1.70. The van der Waals surface area contributed by atoms with Crippen LogP contribution in [0.25, 0.3) is 0 Å². The van der Waals surface area contributed by atoms with Gasteiger partial charge in [0, 0.05) is 11.1 Å². The third kappa shape index (κ3) is 2.03. The van der Waals surface area contributed by atoms with Crippen LogP contribution in [0.2, 0.25) is 0 Å². The maximum absolute atomic E-state index is 9.71. The van der Waals surface area contributed by atoms with E-state index in [2.05, 4.69) is 27.7 Å². The molecule has 0 radical (unpaired) electrons. The van der Waals surface area contributed by atoms with E-state index < -0.39 is 0 Å². The molecule has 0 aromatic rings. The first-order valence-corrected chi connectivity index (χ1v) is 4.82. The van der Waals surface area contributed by atoms with Crippen LogP contribution >= 0.6 is 0 Å². The second-order valence-corrected chi connectivity index (χ2v) is 5.16. The second kappa shape index (κ2) is 3.23. The number of aliphatic hydroxyl groups excluding tert-OH is 1. The molecular weight excluding hydrogens is 166 g/mol. The van der Waals surface area contributed by atoms with Gasteiger partial charge in [0.1, 0.15) is 0 Å². The van der Waals surface area contributed by atoms with Gasteiger partial charge in [0.25, 0.3) is 0 Å². The smallest absolute Gasteiger partial charge is 0.0576 e. The molecule has 0 aliphatic carbocycles. The van der Waals surface area contributed by atoms with E-state index in [1.807, 2.05) is 5.06 Å². The Labute approximate surface area is 80.6 Å². The Morgan fingerprint density at radius 1 is 1.15 bits per heavy atom. The lowest BCUT2D eigenvalue weighted by Crippen LogP contribution is -2.61. The van der Waals surface area contributed by atoms with Crippen LogP contribution in [0, 0.1) is 0 Å². The van der Waals surface area contributed by atoms with Crippen molar-refractivity contribution in [3.05, 3.63) is 0 Å². The molecule has 1 N–H and O–H groups in total. The summed E-state index contributed by atoms with van der Waals surface area (Å²) < 4.78 is 0. The summed E-state index contributed by atoms with van der Waals surface area (Å²) in [5.74, 6) is 0. The fourth-order valence-electron chi connectivity index (χ4n) is 2.70. The van der Waals surface area contributed by atoms with Crippen molar-refractivity contribution in [2.45, 2.75) is 57.7 Å². The fourth-order valence-corrected chi connectivity index (χ4v) is 2.70. The average molecular weight is 187 g/mol. The molecule has 1 aliphatic rings. The van der Waals surface area contributed by atoms with E-state index in [1.165, 1.54) is 0 Å². The Bertz CT molecular complexity index is 171. The highest BCUT2D eigenvalue weighted by molar-refractivity contribution is 4.96. The summed E-state index contributed by atoms with van der Waals surface area (Å²) in [4.78, 5) is 5.39. The van der Waals surface area contributed by atoms with E-state index in [0.717, 1.165) is 12.8 Å². The SMILES string of the molecule is CON1C(C)(C)CC(O)CC1(C)C. The van der Waals surface area contributed by atoms with Crippen LogP contribution in [0.3, 0.4) is 0 Å². The molecular formula is C10H21NO2. The zero-order valence-electron chi connectivity index (χ0n) is 9.29. The predicted octanol–water partition coefficient (Wildman–Crippen LogP) is 1.56. The summed E-state index contributed by atoms with van der Waals surface area (Å²) in [5, 5.41) is 11.7. The van der Waals surface area contributed by atoms with Crippen molar-refractivity contribution in [2.24, 2.45) is 0 Å².